The van der Waals surface area contributed by atoms with Crippen molar-refractivity contribution in [2.24, 2.45) is 0 Å². The minimum Gasteiger partial charge on any atom is -0.354 e. The van der Waals surface area contributed by atoms with Gasteiger partial charge in [0.05, 0.1) is 0 Å². The quantitative estimate of drug-likeness (QED) is 0.628. The van der Waals surface area contributed by atoms with Crippen molar-refractivity contribution in [2.75, 3.05) is 6.54 Å². The first-order chi connectivity index (χ1) is 10.7. The highest BCUT2D eigenvalue weighted by Crippen LogP contribution is 2.14. The number of nitrogens with one attached hydrogen (secondary N) is 3. The third-order valence-electron chi connectivity index (χ3n) is 3.49. The van der Waals surface area contributed by atoms with Crippen molar-refractivity contribution < 1.29 is 4.79 Å². The second-order valence-corrected chi connectivity index (χ2v) is 5.04. The smallest absolute Gasteiger partial charge is 0.340 e. The van der Waals surface area contributed by atoms with Crippen molar-refractivity contribution in [1.29, 1.82) is 0 Å². The molecule has 0 aliphatic carbocycles. The Kier molecular flexibility index (Phi) is 4.04. The number of H-pyrrole nitrogens is 2. The van der Waals surface area contributed by atoms with E-state index < -0.39 is 0 Å². The number of hydrogen-bond donors (Lipinski definition) is 3. The van der Waals surface area contributed by atoms with Gasteiger partial charge in [-0.05, 0) is 17.5 Å². The van der Waals surface area contributed by atoms with Crippen LogP contribution in [0.3, 0.4) is 0 Å². The fraction of sp³-hybridized carbons (Fsp3) is 0.267. The number of rotatable bonds is 6. The Balaban J connectivity index is 1.46. The number of fused-ring (bicyclic) bond motifs is 1. The normalized spacial score (nSPS) is 10.9. The van der Waals surface area contributed by atoms with Gasteiger partial charge in [0.15, 0.2) is 0 Å². The summed E-state index contributed by atoms with van der Waals surface area (Å²) < 4.78 is 2.11. The lowest BCUT2D eigenvalue weighted by atomic mass is 10.2. The second-order valence-electron chi connectivity index (χ2n) is 5.04. The molecule has 1 aromatic carbocycles. The molecule has 0 atom stereocenters. The van der Waals surface area contributed by atoms with Crippen LogP contribution in [0.15, 0.2) is 41.3 Å². The van der Waals surface area contributed by atoms with Crippen LogP contribution in [0, 0.1) is 0 Å². The van der Waals surface area contributed by atoms with Crippen LogP contribution in [0.5, 0.6) is 0 Å². The summed E-state index contributed by atoms with van der Waals surface area (Å²) in [5.41, 5.74) is 0.806. The van der Waals surface area contributed by atoms with E-state index in [0.717, 1.165) is 12.1 Å². The SMILES string of the molecule is O=C(CCc1n[nH]c(=O)[nH]1)NCCn1ccc2ccccc21. The lowest BCUT2D eigenvalue weighted by Gasteiger charge is -2.07. The number of carbonyl (C=O) groups is 1. The second kappa shape index (κ2) is 6.30. The number of benzene rings is 1. The number of nitrogens with zero attached hydrogens (tertiary/aromatic N) is 2. The van der Waals surface area contributed by atoms with Gasteiger partial charge in [0.25, 0.3) is 0 Å². The summed E-state index contributed by atoms with van der Waals surface area (Å²) in [5, 5.41) is 10.1. The van der Waals surface area contributed by atoms with Crippen LogP contribution >= 0.6 is 0 Å². The van der Waals surface area contributed by atoms with E-state index in [0.29, 0.717) is 25.2 Å². The van der Waals surface area contributed by atoms with Crippen molar-refractivity contribution >= 4 is 16.8 Å². The van der Waals surface area contributed by atoms with Gasteiger partial charge in [-0.25, -0.2) is 9.89 Å². The lowest BCUT2D eigenvalue weighted by molar-refractivity contribution is -0.121. The summed E-state index contributed by atoms with van der Waals surface area (Å²) in [6.07, 6.45) is 2.73. The minimum absolute atomic E-state index is 0.0553. The molecule has 3 aromatic rings. The van der Waals surface area contributed by atoms with Crippen LogP contribution in [0.2, 0.25) is 0 Å². The largest absolute Gasteiger partial charge is 0.354 e. The number of hydrogen-bond acceptors (Lipinski definition) is 3. The zero-order valence-electron chi connectivity index (χ0n) is 12.0. The van der Waals surface area contributed by atoms with Crippen molar-refractivity contribution in [3.63, 3.8) is 0 Å². The minimum atomic E-state index is -0.352. The van der Waals surface area contributed by atoms with Crippen molar-refractivity contribution in [1.82, 2.24) is 25.1 Å². The summed E-state index contributed by atoms with van der Waals surface area (Å²) in [5.74, 6) is 0.442. The first-order valence-corrected chi connectivity index (χ1v) is 7.16. The highest BCUT2D eigenvalue weighted by Gasteiger charge is 2.05. The number of amides is 1. The molecule has 0 saturated heterocycles. The molecular formula is C15H17N5O2. The molecule has 3 N–H and O–H groups in total. The predicted molar refractivity (Wildman–Crippen MR) is 82.5 cm³/mol. The van der Waals surface area contributed by atoms with Gasteiger partial charge < -0.3 is 9.88 Å². The van der Waals surface area contributed by atoms with Crippen molar-refractivity contribution in [2.45, 2.75) is 19.4 Å². The molecule has 0 saturated carbocycles. The molecule has 7 heteroatoms. The number of aryl methyl sites for hydroxylation is 1. The van der Waals surface area contributed by atoms with Crippen LogP contribution in [-0.4, -0.2) is 32.2 Å². The maximum absolute atomic E-state index is 11.8. The van der Waals surface area contributed by atoms with E-state index in [1.807, 2.05) is 18.3 Å². The van der Waals surface area contributed by atoms with Gasteiger partial charge in [-0.1, -0.05) is 18.2 Å². The average Bonchev–Trinajstić information content (AvgIpc) is 3.12. The molecule has 0 spiro atoms. The van der Waals surface area contributed by atoms with Crippen LogP contribution in [0.4, 0.5) is 0 Å². The molecule has 0 aliphatic heterocycles. The average molecular weight is 299 g/mol. The molecule has 3 rings (SSSR count). The molecule has 0 aliphatic rings. The van der Waals surface area contributed by atoms with E-state index in [1.165, 1.54) is 5.39 Å². The molecular weight excluding hydrogens is 282 g/mol. The molecule has 2 aromatic heterocycles. The third kappa shape index (κ3) is 3.25. The summed E-state index contributed by atoms with van der Waals surface area (Å²) in [7, 11) is 0. The Morgan fingerprint density at radius 1 is 1.27 bits per heavy atom. The highest BCUT2D eigenvalue weighted by atomic mass is 16.2. The fourth-order valence-electron chi connectivity index (χ4n) is 2.40. The van der Waals surface area contributed by atoms with Crippen LogP contribution in [0.25, 0.3) is 10.9 Å². The monoisotopic (exact) mass is 299 g/mol. The molecule has 22 heavy (non-hydrogen) atoms. The van der Waals surface area contributed by atoms with E-state index in [4.69, 9.17) is 0 Å². The Labute approximate surface area is 126 Å². The first-order valence-electron chi connectivity index (χ1n) is 7.16. The van der Waals surface area contributed by atoms with Gasteiger partial charge in [-0.15, -0.1) is 0 Å². The van der Waals surface area contributed by atoms with Gasteiger partial charge >= 0.3 is 5.69 Å². The van der Waals surface area contributed by atoms with Crippen LogP contribution in [0.1, 0.15) is 12.2 Å². The maximum Gasteiger partial charge on any atom is 0.340 e. The zero-order valence-corrected chi connectivity index (χ0v) is 12.0. The fourth-order valence-corrected chi connectivity index (χ4v) is 2.40. The van der Waals surface area contributed by atoms with Gasteiger partial charge in [0, 0.05) is 37.6 Å². The summed E-state index contributed by atoms with van der Waals surface area (Å²) in [6.45, 7) is 1.28. The predicted octanol–water partition coefficient (Wildman–Crippen LogP) is 0.802. The van der Waals surface area contributed by atoms with E-state index in [2.05, 4.69) is 43.3 Å². The topological polar surface area (TPSA) is 95.6 Å². The summed E-state index contributed by atoms with van der Waals surface area (Å²) in [6, 6.07) is 10.2. The van der Waals surface area contributed by atoms with Crippen LogP contribution in [-0.2, 0) is 17.8 Å². The molecule has 2 heterocycles. The van der Waals surface area contributed by atoms with E-state index in [9.17, 15) is 9.59 Å². The summed E-state index contributed by atoms with van der Waals surface area (Å²) >= 11 is 0. The maximum atomic E-state index is 11.8. The molecule has 1 amide bonds. The van der Waals surface area contributed by atoms with Gasteiger partial charge in [-0.2, -0.15) is 5.10 Å². The first kappa shape index (κ1) is 14.1. The number of aromatic amines is 2. The Bertz CT molecular complexity index is 829. The number of carbonyl (C=O) groups excluding carboxylic acids is 1. The number of aromatic nitrogens is 4. The van der Waals surface area contributed by atoms with Crippen molar-refractivity contribution in [3.8, 4) is 0 Å². The lowest BCUT2D eigenvalue weighted by Crippen LogP contribution is -2.27. The Morgan fingerprint density at radius 3 is 2.95 bits per heavy atom. The zero-order chi connectivity index (χ0) is 15.4. The highest BCUT2D eigenvalue weighted by molar-refractivity contribution is 5.80. The molecule has 0 unspecified atom stereocenters. The molecule has 7 nitrogen and oxygen atoms in total. The van der Waals surface area contributed by atoms with E-state index >= 15 is 0 Å². The Morgan fingerprint density at radius 2 is 2.14 bits per heavy atom. The van der Waals surface area contributed by atoms with Gasteiger partial charge in [0.1, 0.15) is 5.82 Å². The van der Waals surface area contributed by atoms with Gasteiger partial charge in [-0.3, -0.25) is 9.78 Å². The Hall–Kier alpha value is -2.83. The van der Waals surface area contributed by atoms with Gasteiger partial charge in [0.2, 0.25) is 5.91 Å². The molecule has 0 bridgehead atoms. The molecule has 114 valence electrons. The number of para-hydroxylation sites is 1. The summed E-state index contributed by atoms with van der Waals surface area (Å²) in [4.78, 5) is 25.2. The van der Waals surface area contributed by atoms with Crippen LogP contribution < -0.4 is 11.0 Å². The third-order valence-corrected chi connectivity index (χ3v) is 3.49. The van der Waals surface area contributed by atoms with E-state index in [-0.39, 0.29) is 11.6 Å². The molecule has 0 radical (unpaired) electrons. The van der Waals surface area contributed by atoms with E-state index in [1.54, 1.807) is 0 Å². The van der Waals surface area contributed by atoms with Crippen molar-refractivity contribution in [3.05, 3.63) is 52.8 Å². The standard InChI is InChI=1S/C15H17N5O2/c21-14(6-5-13-17-15(22)19-18-13)16-8-10-20-9-7-11-3-1-2-4-12(11)20/h1-4,7,9H,5-6,8,10H2,(H,16,21)(H2,17,18,19,22). The molecule has 0 fully saturated rings.